The molecule has 0 saturated carbocycles. The minimum absolute atomic E-state index is 0.0565. The van der Waals surface area contributed by atoms with Crippen molar-refractivity contribution in [3.8, 4) is 11.1 Å². The summed E-state index contributed by atoms with van der Waals surface area (Å²) >= 11 is 0. The van der Waals surface area contributed by atoms with Gasteiger partial charge in [-0.2, -0.15) is 0 Å². The van der Waals surface area contributed by atoms with Gasteiger partial charge >= 0.3 is 12.1 Å². The average molecular weight is 456 g/mol. The molecule has 0 spiro atoms. The number of aliphatic hydroxyl groups excluding tert-OH is 1. The maximum atomic E-state index is 12.7. The number of carbonyl (C=O) groups excluding carboxylic acids is 2. The lowest BCUT2D eigenvalue weighted by Crippen LogP contribution is -2.58. The van der Waals surface area contributed by atoms with Crippen LogP contribution in [0.4, 0.5) is 4.79 Å². The zero-order valence-corrected chi connectivity index (χ0v) is 18.6. The molecular weight excluding hydrogens is 428 g/mol. The zero-order valence-electron chi connectivity index (χ0n) is 18.6. The van der Waals surface area contributed by atoms with E-state index in [1.54, 1.807) is 6.92 Å². The molecule has 0 bridgehead atoms. The van der Waals surface area contributed by atoms with E-state index in [4.69, 9.17) is 9.47 Å². The molecule has 0 saturated heterocycles. The Labute approximate surface area is 191 Å². The Morgan fingerprint density at radius 1 is 0.939 bits per heavy atom. The van der Waals surface area contributed by atoms with E-state index in [0.717, 1.165) is 22.3 Å². The maximum Gasteiger partial charge on any atom is 0.407 e. The molecule has 0 heterocycles. The first kappa shape index (κ1) is 24.2. The summed E-state index contributed by atoms with van der Waals surface area (Å²) in [6.45, 7) is 2.85. The Bertz CT molecular complexity index is 978. The first-order valence-corrected chi connectivity index (χ1v) is 10.6. The number of alkyl carbamates (subject to hydrolysis) is 1. The number of aliphatic hydroxyl groups is 1. The van der Waals surface area contributed by atoms with Crippen LogP contribution in [0, 0.1) is 0 Å². The topological polar surface area (TPSA) is 134 Å². The zero-order chi connectivity index (χ0) is 24.1. The second-order valence-electron chi connectivity index (χ2n) is 7.95. The van der Waals surface area contributed by atoms with E-state index in [0.29, 0.717) is 0 Å². The number of aliphatic carboxylic acids is 1. The summed E-state index contributed by atoms with van der Waals surface area (Å²) in [5, 5.41) is 23.5. The number of rotatable bonds is 9. The number of carbonyl (C=O) groups is 3. The molecule has 9 nitrogen and oxygen atoms in total. The van der Waals surface area contributed by atoms with Gasteiger partial charge < -0.3 is 30.3 Å². The minimum Gasteiger partial charge on any atom is -0.480 e. The van der Waals surface area contributed by atoms with Gasteiger partial charge in [-0.3, -0.25) is 4.79 Å². The van der Waals surface area contributed by atoms with Gasteiger partial charge in [0, 0.05) is 13.0 Å². The highest BCUT2D eigenvalue weighted by Crippen LogP contribution is 2.44. The molecule has 1 aliphatic carbocycles. The second-order valence-corrected chi connectivity index (χ2v) is 7.95. The molecule has 1 aliphatic rings. The molecule has 9 heteroatoms. The van der Waals surface area contributed by atoms with E-state index in [9.17, 15) is 24.6 Å². The van der Waals surface area contributed by atoms with Gasteiger partial charge in [0.15, 0.2) is 6.04 Å². The maximum absolute atomic E-state index is 12.7. The number of carboxylic acid groups (broad SMARTS) is 1. The van der Waals surface area contributed by atoms with Crippen molar-refractivity contribution in [2.24, 2.45) is 0 Å². The van der Waals surface area contributed by atoms with Gasteiger partial charge in [-0.15, -0.1) is 0 Å². The molecule has 2 aromatic carbocycles. The van der Waals surface area contributed by atoms with E-state index >= 15 is 0 Å². The van der Waals surface area contributed by atoms with Crippen molar-refractivity contribution in [3.63, 3.8) is 0 Å². The van der Waals surface area contributed by atoms with Crippen LogP contribution in [0.15, 0.2) is 48.5 Å². The van der Waals surface area contributed by atoms with Gasteiger partial charge in [-0.1, -0.05) is 48.5 Å². The van der Waals surface area contributed by atoms with E-state index in [2.05, 4.69) is 10.6 Å². The van der Waals surface area contributed by atoms with Crippen LogP contribution in [0.1, 0.15) is 30.9 Å². The second kappa shape index (κ2) is 10.5. The molecule has 33 heavy (non-hydrogen) atoms. The number of ether oxygens (including phenoxy) is 2. The molecule has 2 aromatic rings. The SMILES string of the molecule is COC(C)C(NC(=O)OCC1c2ccccc2-c2ccccc21)C(=O)N[C@H](C(=O)O)[C@@H](C)O. The van der Waals surface area contributed by atoms with Gasteiger partial charge in [-0.05, 0) is 36.1 Å². The summed E-state index contributed by atoms with van der Waals surface area (Å²) < 4.78 is 10.6. The number of fused-ring (bicyclic) bond motifs is 3. The van der Waals surface area contributed by atoms with Gasteiger partial charge in [0.25, 0.3) is 0 Å². The Kier molecular flexibility index (Phi) is 7.67. The first-order valence-electron chi connectivity index (χ1n) is 10.6. The summed E-state index contributed by atoms with van der Waals surface area (Å²) in [6.07, 6.45) is -2.96. The van der Waals surface area contributed by atoms with Crippen LogP contribution < -0.4 is 10.6 Å². The van der Waals surface area contributed by atoms with E-state index in [1.807, 2.05) is 48.5 Å². The lowest BCUT2D eigenvalue weighted by molar-refractivity contribution is -0.145. The molecule has 2 amide bonds. The van der Waals surface area contributed by atoms with Crippen molar-refractivity contribution in [1.29, 1.82) is 0 Å². The first-order chi connectivity index (χ1) is 15.7. The fourth-order valence-corrected chi connectivity index (χ4v) is 3.93. The number of hydrogen-bond acceptors (Lipinski definition) is 6. The predicted molar refractivity (Wildman–Crippen MR) is 120 cm³/mol. The third-order valence-corrected chi connectivity index (χ3v) is 5.79. The molecular formula is C24H28N2O7. The molecule has 0 fully saturated rings. The average Bonchev–Trinajstić information content (AvgIpc) is 3.12. The third-order valence-electron chi connectivity index (χ3n) is 5.79. The molecule has 4 atom stereocenters. The molecule has 0 aliphatic heterocycles. The Hall–Kier alpha value is -3.43. The third kappa shape index (κ3) is 5.32. The largest absolute Gasteiger partial charge is 0.480 e. The monoisotopic (exact) mass is 456 g/mol. The van der Waals surface area contributed by atoms with E-state index in [1.165, 1.54) is 14.0 Å². The molecule has 4 N–H and O–H groups in total. The van der Waals surface area contributed by atoms with Crippen LogP contribution in [0.3, 0.4) is 0 Å². The number of hydrogen-bond donors (Lipinski definition) is 4. The summed E-state index contributed by atoms with van der Waals surface area (Å²) in [6, 6.07) is 13.0. The van der Waals surface area contributed by atoms with Crippen LogP contribution >= 0.6 is 0 Å². The van der Waals surface area contributed by atoms with Crippen molar-refractivity contribution < 1.29 is 34.1 Å². The summed E-state index contributed by atoms with van der Waals surface area (Å²) in [5.41, 5.74) is 4.27. The Morgan fingerprint density at radius 3 is 1.97 bits per heavy atom. The fraction of sp³-hybridized carbons (Fsp3) is 0.375. The number of carboxylic acids is 1. The molecule has 2 unspecified atom stereocenters. The van der Waals surface area contributed by atoms with Crippen molar-refractivity contribution in [2.75, 3.05) is 13.7 Å². The van der Waals surface area contributed by atoms with Crippen LogP contribution in [-0.2, 0) is 19.1 Å². The number of amides is 2. The Balaban J connectivity index is 1.69. The van der Waals surface area contributed by atoms with Crippen LogP contribution in [0.5, 0.6) is 0 Å². The molecule has 3 rings (SSSR count). The predicted octanol–water partition coefficient (Wildman–Crippen LogP) is 1.88. The van der Waals surface area contributed by atoms with Gasteiger partial charge in [-0.25, -0.2) is 9.59 Å². The highest BCUT2D eigenvalue weighted by Gasteiger charge is 2.34. The quantitative estimate of drug-likeness (QED) is 0.453. The smallest absolute Gasteiger partial charge is 0.407 e. The summed E-state index contributed by atoms with van der Waals surface area (Å²) in [7, 11) is 1.35. The van der Waals surface area contributed by atoms with Crippen molar-refractivity contribution in [3.05, 3.63) is 59.7 Å². The van der Waals surface area contributed by atoms with Crippen molar-refractivity contribution in [1.82, 2.24) is 10.6 Å². The van der Waals surface area contributed by atoms with Gasteiger partial charge in [0.1, 0.15) is 12.6 Å². The minimum atomic E-state index is -1.53. The Morgan fingerprint density at radius 2 is 1.48 bits per heavy atom. The lowest BCUT2D eigenvalue weighted by Gasteiger charge is -2.26. The summed E-state index contributed by atoms with van der Waals surface area (Å²) in [5.74, 6) is -2.36. The van der Waals surface area contributed by atoms with Crippen LogP contribution in [-0.4, -0.2) is 66.2 Å². The summed E-state index contributed by atoms with van der Waals surface area (Å²) in [4.78, 5) is 36.5. The van der Waals surface area contributed by atoms with Crippen molar-refractivity contribution in [2.45, 2.75) is 44.1 Å². The van der Waals surface area contributed by atoms with Crippen LogP contribution in [0.2, 0.25) is 0 Å². The highest BCUT2D eigenvalue weighted by atomic mass is 16.5. The fourth-order valence-electron chi connectivity index (χ4n) is 3.93. The van der Waals surface area contributed by atoms with Crippen molar-refractivity contribution >= 4 is 18.0 Å². The van der Waals surface area contributed by atoms with Crippen LogP contribution in [0.25, 0.3) is 11.1 Å². The number of methoxy groups -OCH3 is 1. The molecule has 176 valence electrons. The number of benzene rings is 2. The highest BCUT2D eigenvalue weighted by molar-refractivity contribution is 5.90. The lowest BCUT2D eigenvalue weighted by atomic mass is 9.98. The van der Waals surface area contributed by atoms with E-state index in [-0.39, 0.29) is 12.5 Å². The van der Waals surface area contributed by atoms with Gasteiger partial charge in [0.05, 0.1) is 12.2 Å². The molecule has 0 radical (unpaired) electrons. The van der Waals surface area contributed by atoms with E-state index < -0.39 is 42.3 Å². The normalized spacial score (nSPS) is 16.0. The number of nitrogens with one attached hydrogen (secondary N) is 2. The van der Waals surface area contributed by atoms with Gasteiger partial charge in [0.2, 0.25) is 5.91 Å². The molecule has 0 aromatic heterocycles. The standard InChI is InChI=1S/C24H28N2O7/c1-13(27)20(23(29)30)25-22(28)21(14(2)32-3)26-24(31)33-12-19-17-10-6-4-8-15(17)16-9-5-7-11-18(16)19/h4-11,13-14,19-21,27H,12H2,1-3H3,(H,25,28)(H,26,31)(H,29,30)/t13-,14?,20+,21?/m1/s1.